The summed E-state index contributed by atoms with van der Waals surface area (Å²) < 4.78 is 2.83. The van der Waals surface area contributed by atoms with Crippen molar-refractivity contribution in [3.63, 3.8) is 0 Å². The van der Waals surface area contributed by atoms with E-state index in [4.69, 9.17) is 11.6 Å². The number of hydrogen-bond acceptors (Lipinski definition) is 4. The van der Waals surface area contributed by atoms with Crippen LogP contribution >= 0.6 is 11.6 Å². The van der Waals surface area contributed by atoms with Crippen molar-refractivity contribution < 1.29 is 4.79 Å². The summed E-state index contributed by atoms with van der Waals surface area (Å²) >= 11 is 6.23. The SMILES string of the molecule is Cc1cc(=O)n2nc(-c3ccccc3Cl)nc2n1CC(=O)Nc1ccccc1. The highest BCUT2D eigenvalue weighted by Crippen LogP contribution is 2.25. The van der Waals surface area contributed by atoms with Crippen LogP contribution in [0.1, 0.15) is 5.69 Å². The number of nitrogens with zero attached hydrogens (tertiary/aromatic N) is 4. The van der Waals surface area contributed by atoms with Crippen molar-refractivity contribution in [1.82, 2.24) is 19.2 Å². The van der Waals surface area contributed by atoms with Crippen molar-refractivity contribution >= 4 is 29.0 Å². The number of hydrogen-bond donors (Lipinski definition) is 1. The van der Waals surface area contributed by atoms with Crippen molar-refractivity contribution in [3.8, 4) is 11.4 Å². The van der Waals surface area contributed by atoms with Gasteiger partial charge in [-0.2, -0.15) is 9.50 Å². The summed E-state index contributed by atoms with van der Waals surface area (Å²) in [5.74, 6) is 0.371. The Labute approximate surface area is 165 Å². The molecule has 2 heterocycles. The van der Waals surface area contributed by atoms with Gasteiger partial charge in [-0.3, -0.25) is 9.59 Å². The van der Waals surface area contributed by atoms with E-state index in [0.29, 0.717) is 27.8 Å². The van der Waals surface area contributed by atoms with E-state index in [0.717, 1.165) is 0 Å². The first-order valence-electron chi connectivity index (χ1n) is 8.60. The largest absolute Gasteiger partial charge is 0.325 e. The molecule has 0 aliphatic carbocycles. The van der Waals surface area contributed by atoms with Crippen molar-refractivity contribution in [1.29, 1.82) is 0 Å². The van der Waals surface area contributed by atoms with Crippen LogP contribution in [0.4, 0.5) is 5.69 Å². The fraction of sp³-hybridized carbons (Fsp3) is 0.100. The highest BCUT2D eigenvalue weighted by atomic mass is 35.5. The first-order valence-corrected chi connectivity index (χ1v) is 8.98. The van der Waals surface area contributed by atoms with Crippen molar-refractivity contribution in [2.24, 2.45) is 0 Å². The van der Waals surface area contributed by atoms with Gasteiger partial charge < -0.3 is 9.88 Å². The first kappa shape index (κ1) is 17.9. The lowest BCUT2D eigenvalue weighted by atomic mass is 10.2. The monoisotopic (exact) mass is 393 g/mol. The molecular formula is C20H16ClN5O2. The third-order valence-electron chi connectivity index (χ3n) is 4.27. The number of amides is 1. The van der Waals surface area contributed by atoms with Gasteiger partial charge in [0, 0.05) is 23.0 Å². The van der Waals surface area contributed by atoms with E-state index in [-0.39, 0.29) is 23.8 Å². The van der Waals surface area contributed by atoms with Crippen LogP contribution in [-0.4, -0.2) is 25.1 Å². The summed E-state index contributed by atoms with van der Waals surface area (Å²) in [6.45, 7) is 1.74. The van der Waals surface area contributed by atoms with E-state index >= 15 is 0 Å². The minimum atomic E-state index is -0.321. The maximum atomic E-state index is 12.5. The molecule has 0 saturated carbocycles. The van der Waals surface area contributed by atoms with Gasteiger partial charge in [-0.1, -0.05) is 41.9 Å². The molecule has 7 nitrogen and oxygen atoms in total. The van der Waals surface area contributed by atoms with Crippen LogP contribution in [0.2, 0.25) is 5.02 Å². The van der Waals surface area contributed by atoms with Crippen LogP contribution in [0.15, 0.2) is 65.5 Å². The van der Waals surface area contributed by atoms with Crippen LogP contribution in [0.3, 0.4) is 0 Å². The van der Waals surface area contributed by atoms with E-state index in [9.17, 15) is 9.59 Å². The van der Waals surface area contributed by atoms with Gasteiger partial charge in [0.15, 0.2) is 5.82 Å². The summed E-state index contributed by atoms with van der Waals surface area (Å²) in [4.78, 5) is 29.4. The fourth-order valence-corrected chi connectivity index (χ4v) is 3.14. The number of para-hydroxylation sites is 1. The number of fused-ring (bicyclic) bond motifs is 1. The lowest BCUT2D eigenvalue weighted by Crippen LogP contribution is -2.25. The quantitative estimate of drug-likeness (QED) is 0.577. The average Bonchev–Trinajstić information content (AvgIpc) is 3.12. The van der Waals surface area contributed by atoms with Crippen LogP contribution in [0, 0.1) is 6.92 Å². The summed E-state index contributed by atoms with van der Waals surface area (Å²) in [6.07, 6.45) is 0. The van der Waals surface area contributed by atoms with Crippen molar-refractivity contribution in [2.45, 2.75) is 13.5 Å². The molecule has 8 heteroatoms. The first-order chi connectivity index (χ1) is 13.5. The molecule has 28 heavy (non-hydrogen) atoms. The second kappa shape index (κ2) is 7.28. The minimum Gasteiger partial charge on any atom is -0.325 e. The summed E-state index contributed by atoms with van der Waals surface area (Å²) in [6, 6.07) is 17.7. The zero-order chi connectivity index (χ0) is 19.7. The number of aromatic nitrogens is 4. The molecule has 2 aromatic heterocycles. The normalized spacial score (nSPS) is 10.9. The smallest absolute Gasteiger partial charge is 0.275 e. The van der Waals surface area contributed by atoms with Crippen molar-refractivity contribution in [3.05, 3.63) is 81.7 Å². The second-order valence-corrected chi connectivity index (χ2v) is 6.66. The van der Waals surface area contributed by atoms with Gasteiger partial charge >= 0.3 is 0 Å². The molecule has 140 valence electrons. The Morgan fingerprint density at radius 2 is 1.82 bits per heavy atom. The molecule has 4 rings (SSSR count). The van der Waals surface area contributed by atoms with E-state index in [1.54, 1.807) is 41.8 Å². The van der Waals surface area contributed by atoms with E-state index in [2.05, 4.69) is 15.4 Å². The standard InChI is InChI=1S/C20H16ClN5O2/c1-13-11-18(28)26-20(23-19(24-26)15-9-5-6-10-16(15)21)25(13)12-17(27)22-14-7-3-2-4-8-14/h2-11H,12H2,1H3,(H,22,27). The fourth-order valence-electron chi connectivity index (χ4n) is 2.92. The molecule has 0 aliphatic rings. The van der Waals surface area contributed by atoms with Crippen LogP contribution in [-0.2, 0) is 11.3 Å². The minimum absolute atomic E-state index is 0.00877. The zero-order valence-electron chi connectivity index (χ0n) is 15.0. The third kappa shape index (κ3) is 3.39. The lowest BCUT2D eigenvalue weighted by molar-refractivity contribution is -0.116. The highest BCUT2D eigenvalue weighted by molar-refractivity contribution is 6.33. The molecular weight excluding hydrogens is 378 g/mol. The lowest BCUT2D eigenvalue weighted by Gasteiger charge is -2.11. The van der Waals surface area contributed by atoms with Gasteiger partial charge in [0.1, 0.15) is 6.54 Å². The maximum absolute atomic E-state index is 12.5. The third-order valence-corrected chi connectivity index (χ3v) is 4.60. The highest BCUT2D eigenvalue weighted by Gasteiger charge is 2.16. The molecule has 0 saturated heterocycles. The zero-order valence-corrected chi connectivity index (χ0v) is 15.7. The number of aryl methyl sites for hydroxylation is 1. The molecule has 0 unspecified atom stereocenters. The Morgan fingerprint density at radius 1 is 1.11 bits per heavy atom. The molecule has 0 spiro atoms. The molecule has 2 aromatic carbocycles. The summed E-state index contributed by atoms with van der Waals surface area (Å²) in [5.41, 5.74) is 1.60. The molecule has 0 atom stereocenters. The molecule has 1 N–H and O–H groups in total. The van der Waals surface area contributed by atoms with Gasteiger partial charge in [0.05, 0.1) is 5.02 Å². The van der Waals surface area contributed by atoms with Gasteiger partial charge in [0.2, 0.25) is 11.7 Å². The number of carbonyl (C=O) groups excluding carboxylic acids is 1. The van der Waals surface area contributed by atoms with Crippen molar-refractivity contribution in [2.75, 3.05) is 5.32 Å². The Morgan fingerprint density at radius 3 is 2.57 bits per heavy atom. The van der Waals surface area contributed by atoms with Gasteiger partial charge in [-0.05, 0) is 31.2 Å². The molecule has 0 bridgehead atoms. The Bertz CT molecular complexity index is 1230. The topological polar surface area (TPSA) is 81.3 Å². The summed E-state index contributed by atoms with van der Waals surface area (Å²) in [7, 11) is 0. The average molecular weight is 394 g/mol. The second-order valence-electron chi connectivity index (χ2n) is 6.25. The molecule has 1 amide bonds. The Kier molecular flexibility index (Phi) is 4.67. The van der Waals surface area contributed by atoms with E-state index in [1.807, 2.05) is 24.3 Å². The Hall–Kier alpha value is -3.45. The van der Waals surface area contributed by atoms with Crippen LogP contribution in [0.25, 0.3) is 17.2 Å². The van der Waals surface area contributed by atoms with E-state index < -0.39 is 0 Å². The van der Waals surface area contributed by atoms with Crippen LogP contribution in [0.5, 0.6) is 0 Å². The number of carbonyl (C=O) groups is 1. The van der Waals surface area contributed by atoms with Gasteiger partial charge in [-0.15, -0.1) is 5.10 Å². The van der Waals surface area contributed by atoms with Gasteiger partial charge in [-0.25, -0.2) is 0 Å². The molecule has 4 aromatic rings. The predicted octanol–water partition coefficient (Wildman–Crippen LogP) is 3.16. The number of rotatable bonds is 4. The maximum Gasteiger partial charge on any atom is 0.275 e. The number of benzene rings is 2. The molecule has 0 aliphatic heterocycles. The predicted molar refractivity (Wildman–Crippen MR) is 108 cm³/mol. The van der Waals surface area contributed by atoms with Crippen LogP contribution < -0.4 is 10.9 Å². The van der Waals surface area contributed by atoms with Gasteiger partial charge in [0.25, 0.3) is 5.56 Å². The number of anilines is 1. The number of halogens is 1. The molecule has 0 radical (unpaired) electrons. The number of nitrogens with one attached hydrogen (secondary N) is 1. The Balaban J connectivity index is 1.75. The summed E-state index contributed by atoms with van der Waals surface area (Å²) in [5, 5.41) is 7.60. The van der Waals surface area contributed by atoms with E-state index in [1.165, 1.54) is 10.6 Å². The molecule has 0 fully saturated rings.